The Morgan fingerprint density at radius 3 is 2.78 bits per heavy atom. The van der Waals surface area contributed by atoms with E-state index in [4.69, 9.17) is 9.84 Å². The van der Waals surface area contributed by atoms with Gasteiger partial charge in [-0.1, -0.05) is 30.2 Å². The van der Waals surface area contributed by atoms with E-state index >= 15 is 0 Å². The van der Waals surface area contributed by atoms with Crippen molar-refractivity contribution in [1.82, 2.24) is 0 Å². The van der Waals surface area contributed by atoms with Crippen LogP contribution in [0.3, 0.4) is 0 Å². The largest absolute Gasteiger partial charge is 0.496 e. The first-order chi connectivity index (χ1) is 8.63. The molecule has 0 spiro atoms. The van der Waals surface area contributed by atoms with Crippen LogP contribution < -0.4 is 4.74 Å². The standard InChI is InChI=1S/C16H24O2/c1-13-10-11-16(18-3)15(12-13)9-7-5-4-6-8-14(2)17/h7,9-12,14,17H,4-6,8H2,1-3H3/b9-7+/t14-/m1/s1. The van der Waals surface area contributed by atoms with Crippen molar-refractivity contribution in [2.45, 2.75) is 45.6 Å². The molecule has 1 aromatic rings. The molecule has 0 radical (unpaired) electrons. The number of allylic oxidation sites excluding steroid dienone is 1. The highest BCUT2D eigenvalue weighted by atomic mass is 16.5. The zero-order chi connectivity index (χ0) is 13.4. The highest BCUT2D eigenvalue weighted by Gasteiger charge is 1.99. The number of aryl methyl sites for hydroxylation is 1. The van der Waals surface area contributed by atoms with E-state index in [1.807, 2.05) is 13.0 Å². The van der Waals surface area contributed by atoms with E-state index in [2.05, 4.69) is 31.2 Å². The van der Waals surface area contributed by atoms with Gasteiger partial charge in [-0.05, 0) is 45.2 Å². The maximum absolute atomic E-state index is 9.15. The third-order valence-corrected chi connectivity index (χ3v) is 2.93. The van der Waals surface area contributed by atoms with Crippen LogP contribution in [0.25, 0.3) is 6.08 Å². The number of aliphatic hydroxyl groups is 1. The lowest BCUT2D eigenvalue weighted by molar-refractivity contribution is 0.181. The Morgan fingerprint density at radius 2 is 2.11 bits per heavy atom. The fraction of sp³-hybridized carbons (Fsp3) is 0.500. The minimum atomic E-state index is -0.175. The third-order valence-electron chi connectivity index (χ3n) is 2.93. The second-order valence-electron chi connectivity index (χ2n) is 4.78. The second kappa shape index (κ2) is 7.93. The molecule has 0 aliphatic carbocycles. The van der Waals surface area contributed by atoms with Crippen LogP contribution >= 0.6 is 0 Å². The van der Waals surface area contributed by atoms with Crippen LogP contribution in [0.15, 0.2) is 24.3 Å². The molecule has 0 aliphatic rings. The molecule has 1 atom stereocenters. The monoisotopic (exact) mass is 248 g/mol. The summed E-state index contributed by atoms with van der Waals surface area (Å²) < 4.78 is 5.33. The van der Waals surface area contributed by atoms with Gasteiger partial charge in [0.25, 0.3) is 0 Å². The highest BCUT2D eigenvalue weighted by Crippen LogP contribution is 2.21. The van der Waals surface area contributed by atoms with Crippen molar-refractivity contribution in [3.05, 3.63) is 35.4 Å². The zero-order valence-corrected chi connectivity index (χ0v) is 11.6. The molecule has 0 aromatic heterocycles. The third kappa shape index (κ3) is 5.37. The van der Waals surface area contributed by atoms with E-state index in [9.17, 15) is 0 Å². The fourth-order valence-electron chi connectivity index (χ4n) is 1.90. The first-order valence-electron chi connectivity index (χ1n) is 6.62. The van der Waals surface area contributed by atoms with E-state index in [0.717, 1.165) is 37.0 Å². The van der Waals surface area contributed by atoms with Crippen LogP contribution in [0.1, 0.15) is 43.7 Å². The lowest BCUT2D eigenvalue weighted by Gasteiger charge is -2.05. The fourth-order valence-corrected chi connectivity index (χ4v) is 1.90. The summed E-state index contributed by atoms with van der Waals surface area (Å²) in [5, 5.41) is 9.15. The van der Waals surface area contributed by atoms with Crippen molar-refractivity contribution >= 4 is 6.08 Å². The lowest BCUT2D eigenvalue weighted by Crippen LogP contribution is -1.97. The molecule has 18 heavy (non-hydrogen) atoms. The molecule has 0 fully saturated rings. The number of methoxy groups -OCH3 is 1. The summed E-state index contributed by atoms with van der Waals surface area (Å²) in [5.74, 6) is 0.917. The van der Waals surface area contributed by atoms with E-state index in [0.29, 0.717) is 0 Å². The van der Waals surface area contributed by atoms with Gasteiger partial charge in [-0.3, -0.25) is 0 Å². The Balaban J connectivity index is 2.43. The van der Waals surface area contributed by atoms with Gasteiger partial charge in [-0.25, -0.2) is 0 Å². The SMILES string of the molecule is COc1ccc(C)cc1/C=C/CCCC[C@@H](C)O. The van der Waals surface area contributed by atoms with Crippen molar-refractivity contribution in [2.24, 2.45) is 0 Å². The maximum atomic E-state index is 9.15. The molecule has 100 valence electrons. The quantitative estimate of drug-likeness (QED) is 0.740. The molecule has 2 nitrogen and oxygen atoms in total. The van der Waals surface area contributed by atoms with Crippen molar-refractivity contribution in [1.29, 1.82) is 0 Å². The Labute approximate surface area is 110 Å². The van der Waals surface area contributed by atoms with Gasteiger partial charge in [0, 0.05) is 5.56 Å². The Kier molecular flexibility index (Phi) is 6.51. The average molecular weight is 248 g/mol. The molecule has 1 aromatic carbocycles. The lowest BCUT2D eigenvalue weighted by atomic mass is 10.1. The summed E-state index contributed by atoms with van der Waals surface area (Å²) in [6.45, 7) is 3.92. The molecule has 0 aliphatic heterocycles. The van der Waals surface area contributed by atoms with Crippen LogP contribution in [0.2, 0.25) is 0 Å². The number of hydrogen-bond donors (Lipinski definition) is 1. The van der Waals surface area contributed by atoms with Crippen molar-refractivity contribution < 1.29 is 9.84 Å². The van der Waals surface area contributed by atoms with E-state index < -0.39 is 0 Å². The molecule has 0 bridgehead atoms. The molecule has 0 saturated carbocycles. The van der Waals surface area contributed by atoms with Crippen LogP contribution in [-0.4, -0.2) is 18.3 Å². The topological polar surface area (TPSA) is 29.5 Å². The van der Waals surface area contributed by atoms with Crippen molar-refractivity contribution in [3.8, 4) is 5.75 Å². The number of aliphatic hydroxyl groups excluding tert-OH is 1. The predicted octanol–water partition coefficient (Wildman–Crippen LogP) is 3.96. The summed E-state index contributed by atoms with van der Waals surface area (Å²) >= 11 is 0. The molecule has 1 rings (SSSR count). The molecule has 0 heterocycles. The number of unbranched alkanes of at least 4 members (excludes halogenated alkanes) is 2. The molecule has 1 N–H and O–H groups in total. The Morgan fingerprint density at radius 1 is 1.33 bits per heavy atom. The van der Waals surface area contributed by atoms with Crippen LogP contribution in [-0.2, 0) is 0 Å². The molecule has 2 heteroatoms. The van der Waals surface area contributed by atoms with Crippen LogP contribution in [0.4, 0.5) is 0 Å². The van der Waals surface area contributed by atoms with Gasteiger partial charge in [-0.2, -0.15) is 0 Å². The summed E-state index contributed by atoms with van der Waals surface area (Å²) in [5.41, 5.74) is 2.37. The van der Waals surface area contributed by atoms with Gasteiger partial charge in [0.05, 0.1) is 13.2 Å². The summed E-state index contributed by atoms with van der Waals surface area (Å²) in [6.07, 6.45) is 8.26. The molecule has 0 amide bonds. The maximum Gasteiger partial charge on any atom is 0.126 e. The van der Waals surface area contributed by atoms with Gasteiger partial charge < -0.3 is 9.84 Å². The van der Waals surface area contributed by atoms with Gasteiger partial charge in [-0.15, -0.1) is 0 Å². The molecule has 0 saturated heterocycles. The van der Waals surface area contributed by atoms with E-state index in [-0.39, 0.29) is 6.10 Å². The summed E-state index contributed by atoms with van der Waals surface area (Å²) in [6, 6.07) is 6.19. The van der Waals surface area contributed by atoms with Gasteiger partial charge in [0.2, 0.25) is 0 Å². The van der Waals surface area contributed by atoms with Crippen LogP contribution in [0.5, 0.6) is 5.75 Å². The molecule has 0 unspecified atom stereocenters. The first-order valence-corrected chi connectivity index (χ1v) is 6.62. The Hall–Kier alpha value is -1.28. The van der Waals surface area contributed by atoms with Gasteiger partial charge in [0.15, 0.2) is 0 Å². The Bertz CT molecular complexity index is 381. The molecular formula is C16H24O2. The highest BCUT2D eigenvalue weighted by molar-refractivity contribution is 5.58. The summed E-state index contributed by atoms with van der Waals surface area (Å²) in [4.78, 5) is 0. The second-order valence-corrected chi connectivity index (χ2v) is 4.78. The van der Waals surface area contributed by atoms with E-state index in [1.54, 1.807) is 7.11 Å². The zero-order valence-electron chi connectivity index (χ0n) is 11.6. The van der Waals surface area contributed by atoms with Crippen LogP contribution in [0, 0.1) is 6.92 Å². The van der Waals surface area contributed by atoms with E-state index in [1.165, 1.54) is 5.56 Å². The average Bonchev–Trinajstić information content (AvgIpc) is 2.33. The number of rotatable bonds is 7. The predicted molar refractivity (Wildman–Crippen MR) is 76.9 cm³/mol. The van der Waals surface area contributed by atoms with Gasteiger partial charge >= 0.3 is 0 Å². The van der Waals surface area contributed by atoms with Crippen molar-refractivity contribution in [2.75, 3.05) is 7.11 Å². The van der Waals surface area contributed by atoms with Crippen molar-refractivity contribution in [3.63, 3.8) is 0 Å². The molecular weight excluding hydrogens is 224 g/mol. The number of hydrogen-bond acceptors (Lipinski definition) is 2. The van der Waals surface area contributed by atoms with Gasteiger partial charge in [0.1, 0.15) is 5.75 Å². The normalized spacial score (nSPS) is 12.9. The summed E-state index contributed by atoms with van der Waals surface area (Å²) in [7, 11) is 1.70. The number of ether oxygens (including phenoxy) is 1. The number of benzene rings is 1. The minimum absolute atomic E-state index is 0.175. The minimum Gasteiger partial charge on any atom is -0.496 e. The first kappa shape index (κ1) is 14.8. The smallest absolute Gasteiger partial charge is 0.126 e.